The number of nitrogens with zero attached hydrogens (tertiary/aromatic N) is 5. The van der Waals surface area contributed by atoms with Gasteiger partial charge in [0.2, 0.25) is 11.1 Å². The second-order valence-electron chi connectivity index (χ2n) is 6.89. The van der Waals surface area contributed by atoms with Gasteiger partial charge in [0.1, 0.15) is 22.9 Å². The molecule has 0 radical (unpaired) electrons. The summed E-state index contributed by atoms with van der Waals surface area (Å²) in [4.78, 5) is 38.2. The number of nitrogens with one attached hydrogen (secondary N) is 1. The van der Waals surface area contributed by atoms with E-state index in [4.69, 9.17) is 0 Å². The first-order chi connectivity index (χ1) is 14.9. The van der Waals surface area contributed by atoms with E-state index in [9.17, 15) is 24.6 Å². The zero-order valence-electron chi connectivity index (χ0n) is 16.3. The summed E-state index contributed by atoms with van der Waals surface area (Å²) in [6, 6.07) is 5.65. The normalized spacial score (nSPS) is 20.3. The Morgan fingerprint density at radius 2 is 2.13 bits per heavy atom. The summed E-state index contributed by atoms with van der Waals surface area (Å²) in [5, 5.41) is 33.4. The highest BCUT2D eigenvalue weighted by Gasteiger charge is 2.54. The highest BCUT2D eigenvalue weighted by molar-refractivity contribution is 8.01. The third-order valence-corrected chi connectivity index (χ3v) is 7.30. The molecule has 1 aromatic heterocycles. The maximum Gasteiger partial charge on any atom is 0.352 e. The number of amides is 2. The van der Waals surface area contributed by atoms with Gasteiger partial charge in [-0.1, -0.05) is 30.0 Å². The first-order valence-electron chi connectivity index (χ1n) is 9.18. The van der Waals surface area contributed by atoms with Crippen molar-refractivity contribution in [3.05, 3.63) is 41.1 Å². The predicted molar refractivity (Wildman–Crippen MR) is 111 cm³/mol. The fourth-order valence-electron chi connectivity index (χ4n) is 3.35. The summed E-state index contributed by atoms with van der Waals surface area (Å²) in [5.74, 6) is -1.35. The van der Waals surface area contributed by atoms with Crippen LogP contribution in [0.2, 0.25) is 0 Å². The Labute approximate surface area is 184 Å². The summed E-state index contributed by atoms with van der Waals surface area (Å²) in [5.41, 5.74) is 0.986. The fraction of sp³-hybridized carbons (Fsp3) is 0.333. The van der Waals surface area contributed by atoms with Crippen LogP contribution >= 0.6 is 23.5 Å². The van der Waals surface area contributed by atoms with E-state index in [1.807, 2.05) is 0 Å². The molecular weight excluding hydrogens is 444 g/mol. The second kappa shape index (κ2) is 8.59. The van der Waals surface area contributed by atoms with E-state index >= 15 is 0 Å². The molecule has 2 aliphatic heterocycles. The topological polar surface area (TPSA) is 151 Å². The average molecular weight is 463 g/mol. The van der Waals surface area contributed by atoms with E-state index in [-0.39, 0.29) is 17.9 Å². The van der Waals surface area contributed by atoms with Gasteiger partial charge in [-0.15, -0.1) is 16.9 Å². The van der Waals surface area contributed by atoms with Gasteiger partial charge in [-0.05, 0) is 22.1 Å². The van der Waals surface area contributed by atoms with Crippen molar-refractivity contribution in [2.45, 2.75) is 23.0 Å². The van der Waals surface area contributed by atoms with E-state index in [2.05, 4.69) is 20.8 Å². The molecule has 3 N–H and O–H groups in total. The minimum absolute atomic E-state index is 0.00241. The number of hydrogen-bond donors (Lipinski definition) is 3. The second-order valence-corrected chi connectivity index (χ2v) is 8.94. The van der Waals surface area contributed by atoms with Crippen LogP contribution in [-0.2, 0) is 27.9 Å². The van der Waals surface area contributed by atoms with Crippen molar-refractivity contribution in [1.82, 2.24) is 30.4 Å². The van der Waals surface area contributed by atoms with Crippen LogP contribution in [0.3, 0.4) is 0 Å². The Morgan fingerprint density at radius 1 is 1.35 bits per heavy atom. The Hall–Kier alpha value is -3.06. The number of phenols is 1. The van der Waals surface area contributed by atoms with E-state index in [0.717, 1.165) is 0 Å². The van der Waals surface area contributed by atoms with Gasteiger partial charge in [-0.25, -0.2) is 9.48 Å². The number of benzene rings is 1. The van der Waals surface area contributed by atoms with Gasteiger partial charge in [-0.2, -0.15) is 0 Å². The minimum Gasteiger partial charge on any atom is -0.508 e. The van der Waals surface area contributed by atoms with Crippen LogP contribution < -0.4 is 5.32 Å². The molecule has 31 heavy (non-hydrogen) atoms. The van der Waals surface area contributed by atoms with Crippen LogP contribution in [0.1, 0.15) is 5.56 Å². The molecule has 0 saturated carbocycles. The Morgan fingerprint density at radius 3 is 2.81 bits per heavy atom. The van der Waals surface area contributed by atoms with Gasteiger partial charge in [0.05, 0.1) is 6.42 Å². The number of rotatable bonds is 7. The molecule has 2 aromatic rings. The van der Waals surface area contributed by atoms with Crippen LogP contribution in [-0.4, -0.2) is 76.0 Å². The van der Waals surface area contributed by atoms with Gasteiger partial charge in [0.25, 0.3) is 5.91 Å². The van der Waals surface area contributed by atoms with Gasteiger partial charge in [-0.3, -0.25) is 14.5 Å². The summed E-state index contributed by atoms with van der Waals surface area (Å²) in [6.07, 6.45) is -0.0803. The monoisotopic (exact) mass is 462 g/mol. The van der Waals surface area contributed by atoms with Crippen molar-refractivity contribution < 1.29 is 24.6 Å². The fourth-order valence-corrected chi connectivity index (χ4v) is 5.68. The molecule has 13 heteroatoms. The predicted octanol–water partition coefficient (Wildman–Crippen LogP) is -0.0109. The molecular formula is C18H18N6O5S2. The maximum absolute atomic E-state index is 12.7. The van der Waals surface area contributed by atoms with Gasteiger partial charge in [0.15, 0.2) is 0 Å². The first-order valence-corrected chi connectivity index (χ1v) is 11.2. The standard InChI is InChI=1S/C18H18N6O5S2/c1-23-18(20-21-22-23)31-8-10-7-30-16-13(15(27)24(16)14(10)17(28)29)19-12(26)6-9-4-2-3-5-11(9)25/h2-5,13,16,25H,6-8H2,1H3,(H,19,26)(H,28,29). The van der Waals surface area contributed by atoms with Crippen LogP contribution in [0.5, 0.6) is 5.75 Å². The summed E-state index contributed by atoms with van der Waals surface area (Å²) in [6.45, 7) is 0. The third kappa shape index (κ3) is 4.10. The molecule has 1 saturated heterocycles. The van der Waals surface area contributed by atoms with Crippen LogP contribution in [0, 0.1) is 0 Å². The molecule has 4 rings (SSSR count). The minimum atomic E-state index is -1.19. The van der Waals surface area contributed by atoms with Crippen molar-refractivity contribution in [2.75, 3.05) is 11.5 Å². The summed E-state index contributed by atoms with van der Waals surface area (Å²) >= 11 is 2.68. The number of hydrogen-bond acceptors (Lipinski definition) is 9. The van der Waals surface area contributed by atoms with Crippen LogP contribution in [0.25, 0.3) is 0 Å². The number of tetrazole rings is 1. The highest BCUT2D eigenvalue weighted by Crippen LogP contribution is 2.41. The Bertz CT molecular complexity index is 1090. The van der Waals surface area contributed by atoms with Crippen molar-refractivity contribution in [3.8, 4) is 5.75 Å². The number of carboxylic acid groups (broad SMARTS) is 1. The molecule has 2 atom stereocenters. The van der Waals surface area contributed by atoms with Crippen molar-refractivity contribution in [3.63, 3.8) is 0 Å². The number of aryl methyl sites for hydroxylation is 1. The van der Waals surface area contributed by atoms with E-state index in [0.29, 0.717) is 27.8 Å². The number of phenolic OH excluding ortho intramolecular Hbond substituents is 1. The van der Waals surface area contributed by atoms with Crippen LogP contribution in [0.15, 0.2) is 40.7 Å². The molecule has 0 aliphatic carbocycles. The highest BCUT2D eigenvalue weighted by atomic mass is 32.2. The third-order valence-electron chi connectivity index (χ3n) is 4.87. The molecule has 162 valence electrons. The van der Waals surface area contributed by atoms with Crippen molar-refractivity contribution >= 4 is 41.3 Å². The SMILES string of the molecule is Cn1nnnc1SCC1=C(C(=O)O)N2C(=O)C(NC(=O)Cc3ccccc3O)C2SC1. The zero-order valence-corrected chi connectivity index (χ0v) is 17.9. The molecule has 3 heterocycles. The Kier molecular flexibility index (Phi) is 5.87. The average Bonchev–Trinajstić information content (AvgIpc) is 3.16. The lowest BCUT2D eigenvalue weighted by atomic mass is 10.0. The van der Waals surface area contributed by atoms with Gasteiger partial charge >= 0.3 is 5.97 Å². The Balaban J connectivity index is 1.44. The van der Waals surface area contributed by atoms with E-state index in [1.54, 1.807) is 25.2 Å². The van der Waals surface area contributed by atoms with Crippen LogP contribution in [0.4, 0.5) is 0 Å². The molecule has 1 fully saturated rings. The quantitative estimate of drug-likeness (QED) is 0.378. The largest absolute Gasteiger partial charge is 0.508 e. The zero-order chi connectivity index (χ0) is 22.1. The number of thioether (sulfide) groups is 2. The lowest BCUT2D eigenvalue weighted by Crippen LogP contribution is -2.70. The molecule has 0 bridgehead atoms. The lowest BCUT2D eigenvalue weighted by Gasteiger charge is -2.49. The first kappa shape index (κ1) is 21.2. The molecule has 2 amide bonds. The number of β-lactam (4-membered cyclic amide) rings is 1. The number of carboxylic acids is 1. The number of carbonyl (C=O) groups is 3. The number of aromatic hydroxyl groups is 1. The lowest BCUT2D eigenvalue weighted by molar-refractivity contribution is -0.150. The molecule has 2 unspecified atom stereocenters. The number of para-hydroxylation sites is 1. The van der Waals surface area contributed by atoms with Gasteiger partial charge < -0.3 is 15.5 Å². The molecule has 11 nitrogen and oxygen atoms in total. The maximum atomic E-state index is 12.7. The van der Waals surface area contributed by atoms with E-state index < -0.39 is 29.2 Å². The number of carbonyl (C=O) groups excluding carboxylic acids is 2. The summed E-state index contributed by atoms with van der Waals surface area (Å²) in [7, 11) is 1.68. The smallest absolute Gasteiger partial charge is 0.352 e. The number of fused-ring (bicyclic) bond motifs is 1. The number of aliphatic carboxylic acids is 1. The summed E-state index contributed by atoms with van der Waals surface area (Å²) < 4.78 is 1.48. The van der Waals surface area contributed by atoms with Gasteiger partial charge in [0, 0.05) is 24.1 Å². The molecule has 2 aliphatic rings. The molecule has 1 aromatic carbocycles. The van der Waals surface area contributed by atoms with E-state index in [1.165, 1.54) is 39.2 Å². The van der Waals surface area contributed by atoms with Crippen molar-refractivity contribution in [2.24, 2.45) is 7.05 Å². The number of aromatic nitrogens is 4. The van der Waals surface area contributed by atoms with Crippen molar-refractivity contribution in [1.29, 1.82) is 0 Å². The molecule has 0 spiro atoms.